The Morgan fingerprint density at radius 2 is 1.19 bits per heavy atom. The van der Waals surface area contributed by atoms with Gasteiger partial charge in [0.2, 0.25) is 5.91 Å². The molecule has 2 aliphatic rings. The highest BCUT2D eigenvalue weighted by Crippen LogP contribution is 2.29. The molecule has 2 saturated heterocycles. The quantitative estimate of drug-likeness (QED) is 0.0374. The number of rotatable bonds is 30. The molecule has 1 amide bonds. The summed E-state index contributed by atoms with van der Waals surface area (Å²) in [6, 6.07) is -0.925. The van der Waals surface area contributed by atoms with E-state index < -0.39 is 86.8 Å². The van der Waals surface area contributed by atoms with Crippen LogP contribution in [0.4, 0.5) is 0 Å². The molecule has 9 N–H and O–H groups in total. The van der Waals surface area contributed by atoms with Crippen LogP contribution in [0.5, 0.6) is 0 Å². The Hall–Kier alpha value is -2.31. The fourth-order valence-corrected chi connectivity index (χ4v) is 6.63. The number of nitrogens with one attached hydrogen (secondary N) is 1. The van der Waals surface area contributed by atoms with Crippen LogP contribution in [0.3, 0.4) is 0 Å². The number of hydrogen-bond acceptors (Lipinski definition) is 13. The molecule has 0 aromatic carbocycles. The fraction of sp³-hybridized carbons (Fsp3) is 0.750. The van der Waals surface area contributed by atoms with Gasteiger partial charge >= 0.3 is 0 Å². The summed E-state index contributed by atoms with van der Waals surface area (Å²) in [6.45, 7) is 2.54. The first-order valence-corrected chi connectivity index (χ1v) is 21.5. The van der Waals surface area contributed by atoms with Crippen LogP contribution in [0.15, 0.2) is 60.8 Å². The molecule has 58 heavy (non-hydrogen) atoms. The summed E-state index contributed by atoms with van der Waals surface area (Å²) in [5, 5.41) is 86.1. The van der Waals surface area contributed by atoms with E-state index in [9.17, 15) is 45.6 Å². The maximum atomic E-state index is 13.0. The highest BCUT2D eigenvalue weighted by molar-refractivity contribution is 5.76. The van der Waals surface area contributed by atoms with Crippen LogP contribution >= 0.6 is 0 Å². The van der Waals surface area contributed by atoms with E-state index in [4.69, 9.17) is 18.9 Å². The van der Waals surface area contributed by atoms with E-state index in [1.165, 1.54) is 6.42 Å². The Balaban J connectivity index is 1.88. The Kier molecular flexibility index (Phi) is 28.2. The molecule has 334 valence electrons. The van der Waals surface area contributed by atoms with Crippen LogP contribution < -0.4 is 5.32 Å². The van der Waals surface area contributed by atoms with Crippen LogP contribution in [-0.2, 0) is 23.7 Å². The summed E-state index contributed by atoms with van der Waals surface area (Å²) in [5.41, 5.74) is 0. The van der Waals surface area contributed by atoms with Gasteiger partial charge in [0.1, 0.15) is 48.8 Å². The number of allylic oxidation sites excluding steroid dienone is 9. The van der Waals surface area contributed by atoms with Gasteiger partial charge in [0, 0.05) is 6.42 Å². The Bertz CT molecular complexity index is 1210. The lowest BCUT2D eigenvalue weighted by molar-refractivity contribution is -0.359. The number of unbranched alkanes of at least 4 members (excludes halogenated alkanes) is 9. The van der Waals surface area contributed by atoms with Crippen molar-refractivity contribution >= 4 is 5.91 Å². The molecular formula is C44H75NO13. The normalized spacial score (nSPS) is 29.4. The molecule has 2 rings (SSSR count). The number of aliphatic hydroxyl groups is 8. The van der Waals surface area contributed by atoms with E-state index in [1.54, 1.807) is 6.08 Å². The number of carbonyl (C=O) groups is 1. The minimum atomic E-state index is -1.79. The summed E-state index contributed by atoms with van der Waals surface area (Å²) in [5.74, 6) is -0.272. The smallest absolute Gasteiger partial charge is 0.220 e. The minimum absolute atomic E-state index is 0.249. The molecule has 0 aliphatic carbocycles. The molecule has 14 nitrogen and oxygen atoms in total. The maximum Gasteiger partial charge on any atom is 0.220 e. The van der Waals surface area contributed by atoms with Gasteiger partial charge < -0.3 is 65.1 Å². The van der Waals surface area contributed by atoms with Crippen molar-refractivity contribution < 1.29 is 64.6 Å². The van der Waals surface area contributed by atoms with Gasteiger partial charge in [-0.05, 0) is 57.8 Å². The van der Waals surface area contributed by atoms with E-state index in [0.717, 1.165) is 83.5 Å². The predicted octanol–water partition coefficient (Wildman–Crippen LogP) is 3.54. The van der Waals surface area contributed by atoms with Crippen LogP contribution in [0, 0.1) is 0 Å². The summed E-state index contributed by atoms with van der Waals surface area (Å²) < 4.78 is 22.5. The maximum absolute atomic E-state index is 13.0. The van der Waals surface area contributed by atoms with Gasteiger partial charge in [0.15, 0.2) is 12.6 Å². The molecule has 14 heteroatoms. The molecule has 0 aromatic rings. The van der Waals surface area contributed by atoms with E-state index in [0.29, 0.717) is 6.42 Å². The average molecular weight is 826 g/mol. The van der Waals surface area contributed by atoms with Crippen molar-refractivity contribution in [2.75, 3.05) is 19.8 Å². The van der Waals surface area contributed by atoms with Crippen molar-refractivity contribution in [3.63, 3.8) is 0 Å². The predicted molar refractivity (Wildman–Crippen MR) is 221 cm³/mol. The van der Waals surface area contributed by atoms with Gasteiger partial charge in [-0.2, -0.15) is 0 Å². The molecule has 0 spiro atoms. The second kappa shape index (κ2) is 31.5. The van der Waals surface area contributed by atoms with Gasteiger partial charge in [-0.1, -0.05) is 113 Å². The average Bonchev–Trinajstić information content (AvgIpc) is 3.22. The van der Waals surface area contributed by atoms with Crippen molar-refractivity contribution in [1.82, 2.24) is 5.32 Å². The largest absolute Gasteiger partial charge is 0.394 e. The number of carbonyl (C=O) groups excluding carboxylic acids is 1. The van der Waals surface area contributed by atoms with Crippen molar-refractivity contribution in [3.8, 4) is 0 Å². The molecule has 0 bridgehead atoms. The molecule has 0 radical (unpaired) electrons. The zero-order valence-corrected chi connectivity index (χ0v) is 34.8. The topological polar surface area (TPSA) is 228 Å². The third kappa shape index (κ3) is 19.8. The van der Waals surface area contributed by atoms with E-state index in [2.05, 4.69) is 67.8 Å². The third-order valence-electron chi connectivity index (χ3n) is 10.2. The van der Waals surface area contributed by atoms with Gasteiger partial charge in [0.25, 0.3) is 0 Å². The molecule has 12 unspecified atom stereocenters. The zero-order valence-electron chi connectivity index (χ0n) is 34.8. The van der Waals surface area contributed by atoms with Gasteiger partial charge in [-0.15, -0.1) is 0 Å². The highest BCUT2D eigenvalue weighted by Gasteiger charge is 2.50. The first-order valence-electron chi connectivity index (χ1n) is 21.5. The molecule has 0 saturated carbocycles. The second-order valence-electron chi connectivity index (χ2n) is 15.1. The van der Waals surface area contributed by atoms with E-state index in [1.807, 2.05) is 6.08 Å². The zero-order chi connectivity index (χ0) is 42.5. The Labute approximate surface area is 345 Å². The van der Waals surface area contributed by atoms with Crippen molar-refractivity contribution in [3.05, 3.63) is 60.8 Å². The van der Waals surface area contributed by atoms with Crippen LogP contribution in [0.2, 0.25) is 0 Å². The van der Waals surface area contributed by atoms with Gasteiger partial charge in [0.05, 0.1) is 32.0 Å². The number of hydrogen-bond donors (Lipinski definition) is 9. The number of ether oxygens (including phenoxy) is 4. The van der Waals surface area contributed by atoms with Crippen LogP contribution in [0.1, 0.15) is 117 Å². The van der Waals surface area contributed by atoms with Crippen LogP contribution in [0.25, 0.3) is 0 Å². The fourth-order valence-electron chi connectivity index (χ4n) is 6.63. The summed E-state index contributed by atoms with van der Waals surface area (Å²) in [7, 11) is 0. The molecular weight excluding hydrogens is 750 g/mol. The van der Waals surface area contributed by atoms with Crippen molar-refractivity contribution in [1.29, 1.82) is 0 Å². The van der Waals surface area contributed by atoms with Gasteiger partial charge in [-0.3, -0.25) is 4.79 Å². The standard InChI is InChI=1S/C44H75NO13/c1-3-5-7-9-11-12-13-14-15-16-17-18-19-20-22-24-26-28-36(49)45-32(33(48)27-25-23-21-10-8-6-4-2)31-55-43-41(54)39(52)42(35(30-47)57-43)58-44-40(53)38(51)37(50)34(29-46)56-44/h5,7,11-12,14-15,17-18,25,27,32-35,37-44,46-48,50-54H,3-4,6,8-10,13,16,19-24,26,28-31H2,1-2H3,(H,45,49)/b7-5-,12-11-,15-14-,18-17-,27-25+. The van der Waals surface area contributed by atoms with Gasteiger partial charge in [-0.25, -0.2) is 0 Å². The minimum Gasteiger partial charge on any atom is -0.394 e. The lowest BCUT2D eigenvalue weighted by Gasteiger charge is -2.46. The Morgan fingerprint density at radius 1 is 0.638 bits per heavy atom. The van der Waals surface area contributed by atoms with Crippen molar-refractivity contribution in [2.45, 2.75) is 190 Å². The molecule has 0 aromatic heterocycles. The molecule has 12 atom stereocenters. The summed E-state index contributed by atoms with van der Waals surface area (Å²) in [4.78, 5) is 13.0. The van der Waals surface area contributed by atoms with Crippen LogP contribution in [-0.4, -0.2) is 140 Å². The van der Waals surface area contributed by atoms with E-state index in [-0.39, 0.29) is 18.9 Å². The highest BCUT2D eigenvalue weighted by atomic mass is 16.7. The Morgan fingerprint density at radius 3 is 1.81 bits per heavy atom. The second-order valence-corrected chi connectivity index (χ2v) is 15.1. The molecule has 2 heterocycles. The molecule has 2 aliphatic heterocycles. The first kappa shape index (κ1) is 51.8. The van der Waals surface area contributed by atoms with E-state index >= 15 is 0 Å². The molecule has 2 fully saturated rings. The summed E-state index contributed by atoms with van der Waals surface area (Å²) in [6.07, 6.45) is 18.7. The lowest BCUT2D eigenvalue weighted by atomic mass is 9.97. The number of amides is 1. The monoisotopic (exact) mass is 826 g/mol. The number of aliphatic hydroxyl groups excluding tert-OH is 8. The first-order chi connectivity index (χ1) is 28.1. The summed E-state index contributed by atoms with van der Waals surface area (Å²) >= 11 is 0. The SMILES string of the molecule is CC/C=C\C/C=C\C/C=C\C/C=C\CCCCCCC(=O)NC(COC1OC(CO)C(OC2OC(CO)C(O)C(O)C2O)C(O)C1O)C(O)/C=C/CCCCCCC. The lowest BCUT2D eigenvalue weighted by Crippen LogP contribution is -2.65. The van der Waals surface area contributed by atoms with Crippen molar-refractivity contribution in [2.24, 2.45) is 0 Å². The third-order valence-corrected chi connectivity index (χ3v) is 10.2.